The smallest absolute Gasteiger partial charge is 0.138 e. The minimum Gasteiger partial charge on any atom is -0.486 e. The molecule has 0 amide bonds. The van der Waals surface area contributed by atoms with Gasteiger partial charge in [-0.25, -0.2) is 0 Å². The first-order valence-corrected chi connectivity index (χ1v) is 11.2. The summed E-state index contributed by atoms with van der Waals surface area (Å²) in [5.41, 5.74) is 3.66. The minimum absolute atomic E-state index is 0.434. The van der Waals surface area contributed by atoms with Crippen LogP contribution in [0.5, 0.6) is 5.75 Å². The van der Waals surface area contributed by atoms with Crippen LogP contribution in [0.2, 0.25) is 0 Å². The third-order valence-corrected chi connectivity index (χ3v) is 7.92. The number of fused-ring (bicyclic) bond motifs is 1. The molecule has 5 rings (SSSR count). The van der Waals surface area contributed by atoms with Crippen molar-refractivity contribution >= 4 is 0 Å². The summed E-state index contributed by atoms with van der Waals surface area (Å²) in [6, 6.07) is 7.74. The molecule has 2 heteroatoms. The van der Waals surface area contributed by atoms with E-state index in [9.17, 15) is 0 Å². The Kier molecular flexibility index (Phi) is 4.73. The zero-order valence-electron chi connectivity index (χ0n) is 16.1. The Morgan fingerprint density at radius 1 is 0.962 bits per heavy atom. The third-order valence-electron chi connectivity index (χ3n) is 7.92. The van der Waals surface area contributed by atoms with Gasteiger partial charge >= 0.3 is 0 Å². The van der Waals surface area contributed by atoms with E-state index < -0.39 is 0 Å². The highest BCUT2D eigenvalue weighted by Gasteiger charge is 2.51. The lowest BCUT2D eigenvalue weighted by atomic mass is 9.53. The lowest BCUT2D eigenvalue weighted by molar-refractivity contribution is 0.0795. The maximum absolute atomic E-state index is 6.24. The number of piperidine rings is 1. The molecule has 0 unspecified atom stereocenters. The van der Waals surface area contributed by atoms with Crippen molar-refractivity contribution in [2.75, 3.05) is 6.54 Å². The zero-order chi connectivity index (χ0) is 17.4. The van der Waals surface area contributed by atoms with E-state index in [1.54, 1.807) is 11.1 Å². The van der Waals surface area contributed by atoms with Gasteiger partial charge in [-0.15, -0.1) is 0 Å². The second-order valence-corrected chi connectivity index (χ2v) is 9.35. The van der Waals surface area contributed by atoms with Gasteiger partial charge in [0, 0.05) is 11.5 Å². The van der Waals surface area contributed by atoms with Gasteiger partial charge in [0.25, 0.3) is 0 Å². The minimum atomic E-state index is 0.434. The summed E-state index contributed by atoms with van der Waals surface area (Å²) in [6.07, 6.45) is 16.3. The second-order valence-electron chi connectivity index (χ2n) is 9.35. The molecule has 4 aliphatic rings. The molecule has 1 heterocycles. The average Bonchev–Trinajstić information content (AvgIpc) is 2.95. The summed E-state index contributed by atoms with van der Waals surface area (Å²) in [5.74, 6) is 2.58. The van der Waals surface area contributed by atoms with E-state index in [1.807, 2.05) is 0 Å². The van der Waals surface area contributed by atoms with Gasteiger partial charge in [-0.1, -0.05) is 44.6 Å². The van der Waals surface area contributed by atoms with Crippen LogP contribution < -0.4 is 10.1 Å². The van der Waals surface area contributed by atoms with Crippen LogP contribution in [0.3, 0.4) is 0 Å². The summed E-state index contributed by atoms with van der Waals surface area (Å²) in [4.78, 5) is 0. The van der Waals surface area contributed by atoms with Crippen LogP contribution in [-0.2, 0) is 11.8 Å². The van der Waals surface area contributed by atoms with Crippen LogP contribution >= 0.6 is 0 Å². The molecule has 1 N–H and O–H groups in total. The first-order chi connectivity index (χ1) is 12.9. The van der Waals surface area contributed by atoms with E-state index in [1.165, 1.54) is 83.6 Å². The van der Waals surface area contributed by atoms with Crippen molar-refractivity contribution in [1.82, 2.24) is 5.32 Å². The van der Waals surface area contributed by atoms with Crippen molar-refractivity contribution in [3.05, 3.63) is 35.9 Å². The van der Waals surface area contributed by atoms with Crippen LogP contribution in [0.1, 0.15) is 81.8 Å². The summed E-state index contributed by atoms with van der Waals surface area (Å²) in [6.45, 7) is 3.36. The Bertz CT molecular complexity index is 629. The fourth-order valence-electron chi connectivity index (χ4n) is 6.60. The largest absolute Gasteiger partial charge is 0.486 e. The number of benzene rings is 1. The highest BCUT2D eigenvalue weighted by molar-refractivity contribution is 5.45. The van der Waals surface area contributed by atoms with Crippen LogP contribution in [0.15, 0.2) is 18.2 Å². The molecule has 1 aromatic rings. The lowest BCUT2D eigenvalue weighted by Gasteiger charge is -2.56. The fraction of sp³-hybridized carbons (Fsp3) is 0.708. The van der Waals surface area contributed by atoms with E-state index in [-0.39, 0.29) is 0 Å². The van der Waals surface area contributed by atoms with Gasteiger partial charge in [0.2, 0.25) is 0 Å². The highest BCUT2D eigenvalue weighted by atomic mass is 16.5. The third kappa shape index (κ3) is 2.99. The molecule has 0 spiro atoms. The molecule has 3 atom stereocenters. The molecular formula is C24H34NO. The molecule has 26 heavy (non-hydrogen) atoms. The summed E-state index contributed by atoms with van der Waals surface area (Å²) >= 11 is 0. The van der Waals surface area contributed by atoms with Crippen molar-refractivity contribution < 1.29 is 4.74 Å². The van der Waals surface area contributed by atoms with E-state index in [0.717, 1.165) is 11.7 Å². The predicted octanol–water partition coefficient (Wildman–Crippen LogP) is 5.54. The SMILES string of the molecule is [CH](Oc1ccc2c(c1)[C@@]13CCCC[C@H]1[C@@H](C2)NCC3)C1CCCCCC1. The highest BCUT2D eigenvalue weighted by Crippen LogP contribution is 2.54. The normalized spacial score (nSPS) is 34.5. The number of ether oxygens (including phenoxy) is 1. The van der Waals surface area contributed by atoms with Crippen molar-refractivity contribution in [2.45, 2.75) is 88.5 Å². The lowest BCUT2D eigenvalue weighted by Crippen LogP contribution is -2.59. The number of hydrogen-bond donors (Lipinski definition) is 1. The van der Waals surface area contributed by atoms with Crippen LogP contribution in [0, 0.1) is 18.4 Å². The topological polar surface area (TPSA) is 21.3 Å². The number of hydrogen-bond acceptors (Lipinski definition) is 2. The fourth-order valence-corrected chi connectivity index (χ4v) is 6.60. The molecule has 1 aromatic carbocycles. The van der Waals surface area contributed by atoms with Gasteiger partial charge in [0.05, 0.1) is 0 Å². The molecule has 2 saturated carbocycles. The molecule has 1 saturated heterocycles. The molecule has 3 aliphatic carbocycles. The van der Waals surface area contributed by atoms with E-state index >= 15 is 0 Å². The van der Waals surface area contributed by atoms with Crippen molar-refractivity contribution in [3.8, 4) is 5.75 Å². The number of nitrogens with one attached hydrogen (secondary N) is 1. The van der Waals surface area contributed by atoms with Gasteiger partial charge < -0.3 is 10.1 Å². The summed E-state index contributed by atoms with van der Waals surface area (Å²) < 4.78 is 6.24. The van der Waals surface area contributed by atoms with Gasteiger partial charge in [0.1, 0.15) is 12.4 Å². The van der Waals surface area contributed by atoms with Gasteiger partial charge in [-0.3, -0.25) is 0 Å². The summed E-state index contributed by atoms with van der Waals surface area (Å²) in [5, 5.41) is 3.84. The first kappa shape index (κ1) is 17.1. The molecule has 2 bridgehead atoms. The van der Waals surface area contributed by atoms with Gasteiger partial charge in [-0.05, 0) is 80.2 Å². The Morgan fingerprint density at radius 2 is 1.81 bits per heavy atom. The van der Waals surface area contributed by atoms with Crippen molar-refractivity contribution in [3.63, 3.8) is 0 Å². The van der Waals surface area contributed by atoms with Gasteiger partial charge in [0.15, 0.2) is 0 Å². The molecule has 2 nitrogen and oxygen atoms in total. The first-order valence-electron chi connectivity index (χ1n) is 11.2. The summed E-state index contributed by atoms with van der Waals surface area (Å²) in [7, 11) is 0. The molecular weight excluding hydrogens is 318 g/mol. The Hall–Kier alpha value is -1.02. The molecule has 3 fully saturated rings. The van der Waals surface area contributed by atoms with E-state index in [4.69, 9.17) is 4.74 Å². The number of rotatable bonds is 3. The molecule has 141 valence electrons. The van der Waals surface area contributed by atoms with E-state index in [2.05, 4.69) is 30.1 Å². The van der Waals surface area contributed by atoms with Crippen molar-refractivity contribution in [2.24, 2.45) is 11.8 Å². The average molecular weight is 353 g/mol. The predicted molar refractivity (Wildman–Crippen MR) is 106 cm³/mol. The Balaban J connectivity index is 1.38. The molecule has 0 aromatic heterocycles. The van der Waals surface area contributed by atoms with Crippen LogP contribution in [-0.4, -0.2) is 12.6 Å². The van der Waals surface area contributed by atoms with Crippen molar-refractivity contribution in [1.29, 1.82) is 0 Å². The van der Waals surface area contributed by atoms with Crippen LogP contribution in [0.4, 0.5) is 0 Å². The quantitative estimate of drug-likeness (QED) is 0.721. The zero-order valence-corrected chi connectivity index (χ0v) is 16.1. The maximum atomic E-state index is 6.24. The molecule has 1 aliphatic heterocycles. The molecule has 1 radical (unpaired) electrons. The van der Waals surface area contributed by atoms with E-state index in [0.29, 0.717) is 17.4 Å². The van der Waals surface area contributed by atoms with Gasteiger partial charge in [-0.2, -0.15) is 0 Å². The van der Waals surface area contributed by atoms with Crippen LogP contribution in [0.25, 0.3) is 0 Å². The maximum Gasteiger partial charge on any atom is 0.138 e. The Morgan fingerprint density at radius 3 is 2.69 bits per heavy atom. The monoisotopic (exact) mass is 352 g/mol. The second kappa shape index (κ2) is 7.19. The Labute approximate surface area is 159 Å². The standard InChI is InChI=1S/C24H34NO/c1-2-4-8-18(7-3-1)17-26-20-11-10-19-15-23-21-9-5-6-12-24(21,13-14-25-23)22(19)16-20/h10-11,16-18,21,23,25H,1-9,12-15H2/t21-,23+,24+/m0/s1.